The number of amides is 1. The van der Waals surface area contributed by atoms with Gasteiger partial charge in [0, 0.05) is 14.1 Å². The smallest absolute Gasteiger partial charge is 0.267 e. The predicted molar refractivity (Wildman–Crippen MR) is 70.7 cm³/mol. The summed E-state index contributed by atoms with van der Waals surface area (Å²) in [5.41, 5.74) is 3.17. The van der Waals surface area contributed by atoms with Crippen molar-refractivity contribution in [1.29, 1.82) is 0 Å². The van der Waals surface area contributed by atoms with Gasteiger partial charge in [-0.15, -0.1) is 0 Å². The molecule has 0 aliphatic carbocycles. The standard InChI is InChI=1S/C14H16N2O2/c1-16(2)15-14(18)13(17)12-9-5-7-10-6-3-4-8-11(10)12/h3-9,13,17H,1-2H3,(H,15,18). The Bertz CT molecular complexity index is 561. The summed E-state index contributed by atoms with van der Waals surface area (Å²) < 4.78 is 0. The molecule has 4 heteroatoms. The minimum absolute atomic E-state index is 0.434. The Morgan fingerprint density at radius 1 is 1.17 bits per heavy atom. The molecule has 18 heavy (non-hydrogen) atoms. The second-order valence-corrected chi connectivity index (χ2v) is 4.34. The van der Waals surface area contributed by atoms with Crippen molar-refractivity contribution in [3.8, 4) is 0 Å². The fraction of sp³-hybridized carbons (Fsp3) is 0.214. The molecule has 2 aromatic carbocycles. The molecule has 0 spiro atoms. The van der Waals surface area contributed by atoms with Crippen LogP contribution in [0.1, 0.15) is 11.7 Å². The lowest BCUT2D eigenvalue weighted by Crippen LogP contribution is -2.39. The van der Waals surface area contributed by atoms with Gasteiger partial charge in [-0.3, -0.25) is 10.2 Å². The Labute approximate surface area is 106 Å². The van der Waals surface area contributed by atoms with E-state index in [1.807, 2.05) is 36.4 Å². The van der Waals surface area contributed by atoms with E-state index in [1.165, 1.54) is 5.01 Å². The number of aliphatic hydroxyl groups is 1. The molecule has 2 N–H and O–H groups in total. The van der Waals surface area contributed by atoms with E-state index in [-0.39, 0.29) is 0 Å². The van der Waals surface area contributed by atoms with E-state index in [1.54, 1.807) is 20.2 Å². The largest absolute Gasteiger partial charge is 0.378 e. The number of hydrazine groups is 1. The van der Waals surface area contributed by atoms with Crippen molar-refractivity contribution in [2.75, 3.05) is 14.1 Å². The number of benzene rings is 2. The van der Waals surface area contributed by atoms with Crippen LogP contribution in [0.25, 0.3) is 10.8 Å². The third-order valence-electron chi connectivity index (χ3n) is 2.70. The van der Waals surface area contributed by atoms with Crippen LogP contribution in [-0.2, 0) is 4.79 Å². The highest BCUT2D eigenvalue weighted by Gasteiger charge is 2.19. The molecule has 0 aromatic heterocycles. The lowest BCUT2D eigenvalue weighted by atomic mass is 10.0. The van der Waals surface area contributed by atoms with Crippen LogP contribution in [0.4, 0.5) is 0 Å². The number of nitrogens with zero attached hydrogens (tertiary/aromatic N) is 1. The molecule has 4 nitrogen and oxygen atoms in total. The summed E-state index contributed by atoms with van der Waals surface area (Å²) >= 11 is 0. The van der Waals surface area contributed by atoms with Gasteiger partial charge in [-0.05, 0) is 16.3 Å². The first-order valence-electron chi connectivity index (χ1n) is 5.73. The highest BCUT2D eigenvalue weighted by Crippen LogP contribution is 2.24. The van der Waals surface area contributed by atoms with Crippen LogP contribution in [0.15, 0.2) is 42.5 Å². The van der Waals surface area contributed by atoms with E-state index >= 15 is 0 Å². The van der Waals surface area contributed by atoms with E-state index in [0.717, 1.165) is 10.8 Å². The molecule has 0 fully saturated rings. The zero-order valence-electron chi connectivity index (χ0n) is 10.4. The molecule has 0 heterocycles. The number of hydrogen-bond donors (Lipinski definition) is 2. The van der Waals surface area contributed by atoms with Crippen LogP contribution < -0.4 is 5.43 Å². The van der Waals surface area contributed by atoms with Gasteiger partial charge in [0.15, 0.2) is 6.10 Å². The molecule has 0 saturated heterocycles. The molecular formula is C14H16N2O2. The minimum Gasteiger partial charge on any atom is -0.378 e. The molecule has 2 aromatic rings. The number of rotatable bonds is 3. The maximum absolute atomic E-state index is 11.8. The zero-order chi connectivity index (χ0) is 13.1. The number of fused-ring (bicyclic) bond motifs is 1. The number of carbonyl (C=O) groups is 1. The Hall–Kier alpha value is -1.91. The van der Waals surface area contributed by atoms with Gasteiger partial charge in [0.1, 0.15) is 0 Å². The summed E-state index contributed by atoms with van der Waals surface area (Å²) in [6, 6.07) is 13.2. The van der Waals surface area contributed by atoms with E-state index in [0.29, 0.717) is 5.56 Å². The number of carbonyl (C=O) groups excluding carboxylic acids is 1. The molecule has 0 saturated carbocycles. The molecule has 94 valence electrons. The van der Waals surface area contributed by atoms with Gasteiger partial charge >= 0.3 is 0 Å². The Kier molecular flexibility index (Phi) is 3.60. The quantitative estimate of drug-likeness (QED) is 0.804. The molecule has 0 radical (unpaired) electrons. The molecule has 1 amide bonds. The van der Waals surface area contributed by atoms with Gasteiger partial charge in [-0.1, -0.05) is 42.5 Å². The number of aliphatic hydroxyl groups excluding tert-OH is 1. The average molecular weight is 244 g/mol. The minimum atomic E-state index is -1.17. The van der Waals surface area contributed by atoms with Gasteiger partial charge < -0.3 is 5.11 Å². The summed E-state index contributed by atoms with van der Waals surface area (Å²) in [4.78, 5) is 11.8. The number of hydrogen-bond acceptors (Lipinski definition) is 3. The summed E-state index contributed by atoms with van der Waals surface area (Å²) in [5.74, 6) is -0.434. The number of nitrogens with one attached hydrogen (secondary N) is 1. The lowest BCUT2D eigenvalue weighted by Gasteiger charge is -2.17. The van der Waals surface area contributed by atoms with Crippen molar-refractivity contribution in [2.24, 2.45) is 0 Å². The lowest BCUT2D eigenvalue weighted by molar-refractivity contribution is -0.133. The first-order valence-corrected chi connectivity index (χ1v) is 5.73. The Morgan fingerprint density at radius 3 is 2.56 bits per heavy atom. The van der Waals surface area contributed by atoms with Gasteiger partial charge in [0.05, 0.1) is 0 Å². The van der Waals surface area contributed by atoms with E-state index in [2.05, 4.69) is 5.43 Å². The summed E-state index contributed by atoms with van der Waals surface area (Å²) in [6.07, 6.45) is -1.17. The fourth-order valence-electron chi connectivity index (χ4n) is 1.91. The molecular weight excluding hydrogens is 228 g/mol. The average Bonchev–Trinajstić information content (AvgIpc) is 2.36. The molecule has 0 aliphatic rings. The second-order valence-electron chi connectivity index (χ2n) is 4.34. The highest BCUT2D eigenvalue weighted by molar-refractivity contribution is 5.91. The maximum Gasteiger partial charge on any atom is 0.267 e. The topological polar surface area (TPSA) is 52.6 Å². The van der Waals surface area contributed by atoms with Crippen LogP contribution in [0.2, 0.25) is 0 Å². The van der Waals surface area contributed by atoms with Crippen LogP contribution in [0.3, 0.4) is 0 Å². The van der Waals surface area contributed by atoms with Crippen LogP contribution >= 0.6 is 0 Å². The first kappa shape index (κ1) is 12.5. The first-order chi connectivity index (χ1) is 8.59. The van der Waals surface area contributed by atoms with E-state index in [4.69, 9.17) is 0 Å². The SMILES string of the molecule is CN(C)NC(=O)C(O)c1cccc2ccccc12. The van der Waals surface area contributed by atoms with Crippen LogP contribution in [-0.4, -0.2) is 30.1 Å². The van der Waals surface area contributed by atoms with Gasteiger partial charge in [0.2, 0.25) is 0 Å². The van der Waals surface area contributed by atoms with Crippen molar-refractivity contribution in [3.63, 3.8) is 0 Å². The van der Waals surface area contributed by atoms with E-state index < -0.39 is 12.0 Å². The van der Waals surface area contributed by atoms with Crippen molar-refractivity contribution in [2.45, 2.75) is 6.10 Å². The predicted octanol–water partition coefficient (Wildman–Crippen LogP) is 1.47. The molecule has 1 unspecified atom stereocenters. The van der Waals surface area contributed by atoms with Crippen molar-refractivity contribution in [3.05, 3.63) is 48.0 Å². The third kappa shape index (κ3) is 2.50. The third-order valence-corrected chi connectivity index (χ3v) is 2.70. The van der Waals surface area contributed by atoms with Gasteiger partial charge in [-0.2, -0.15) is 0 Å². The Morgan fingerprint density at radius 2 is 1.83 bits per heavy atom. The summed E-state index contributed by atoms with van der Waals surface area (Å²) in [6.45, 7) is 0. The zero-order valence-corrected chi connectivity index (χ0v) is 10.4. The van der Waals surface area contributed by atoms with Gasteiger partial charge in [-0.25, -0.2) is 5.01 Å². The molecule has 0 bridgehead atoms. The van der Waals surface area contributed by atoms with E-state index in [9.17, 15) is 9.90 Å². The van der Waals surface area contributed by atoms with Gasteiger partial charge in [0.25, 0.3) is 5.91 Å². The van der Waals surface area contributed by atoms with Crippen molar-refractivity contribution >= 4 is 16.7 Å². The van der Waals surface area contributed by atoms with Crippen LogP contribution in [0, 0.1) is 0 Å². The normalized spacial score (nSPS) is 12.7. The molecule has 2 rings (SSSR count). The van der Waals surface area contributed by atoms with Crippen molar-refractivity contribution < 1.29 is 9.90 Å². The molecule has 0 aliphatic heterocycles. The summed E-state index contributed by atoms with van der Waals surface area (Å²) in [5, 5.41) is 13.5. The second kappa shape index (κ2) is 5.16. The highest BCUT2D eigenvalue weighted by atomic mass is 16.3. The monoisotopic (exact) mass is 244 g/mol. The van der Waals surface area contributed by atoms with Crippen molar-refractivity contribution in [1.82, 2.24) is 10.4 Å². The molecule has 1 atom stereocenters. The summed E-state index contributed by atoms with van der Waals surface area (Å²) in [7, 11) is 3.40. The van der Waals surface area contributed by atoms with Crippen LogP contribution in [0.5, 0.6) is 0 Å². The fourth-order valence-corrected chi connectivity index (χ4v) is 1.91. The maximum atomic E-state index is 11.8. The Balaban J connectivity index is 2.38.